The molecule has 0 spiro atoms. The first kappa shape index (κ1) is 56.0. The number of benzene rings is 6. The number of halogens is 15. The molecule has 0 aliphatic rings. The standard InChI is InChI=1S/C57H48F15N3/c1-52(2,31-37(58)43(64)34(55(7,8)70)44(65)38(31)59)28-19-13-16-25(22-28)49-73-50(26-17-14-20-29(23-26)53(3,4)32-39(60)45(66)35(56(9,10)71)46(67)40(32)61)75-51(74-49)27-18-15-21-30(24-27)54(5,6)33-41(62)47(68)36(57(11,12)72)48(69)42(33)63/h13-24H,1-12H3. The first-order chi connectivity index (χ1) is 34.4. The fourth-order valence-electron chi connectivity index (χ4n) is 9.44. The highest BCUT2D eigenvalue weighted by molar-refractivity contribution is 5.69. The summed E-state index contributed by atoms with van der Waals surface area (Å²) in [6.45, 7) is 11.8. The summed E-state index contributed by atoms with van der Waals surface area (Å²) in [5, 5.41) is 0. The second-order valence-corrected chi connectivity index (χ2v) is 21.4. The largest absolute Gasteiger partial charge is 0.239 e. The highest BCUT2D eigenvalue weighted by atomic mass is 19.2. The maximum absolute atomic E-state index is 15.9. The van der Waals surface area contributed by atoms with Crippen LogP contribution in [0.25, 0.3) is 34.2 Å². The van der Waals surface area contributed by atoms with Gasteiger partial charge in [-0.25, -0.2) is 80.8 Å². The average molecular weight is 1060 g/mol. The van der Waals surface area contributed by atoms with E-state index in [1.54, 1.807) is 0 Å². The minimum atomic E-state index is -2.83. The molecular formula is C57H48F15N3. The summed E-state index contributed by atoms with van der Waals surface area (Å²) >= 11 is 0. The molecule has 0 saturated heterocycles. The van der Waals surface area contributed by atoms with Crippen molar-refractivity contribution in [2.45, 2.75) is 116 Å². The Kier molecular flexibility index (Phi) is 14.1. The second-order valence-electron chi connectivity index (χ2n) is 21.4. The van der Waals surface area contributed by atoms with Crippen LogP contribution in [0.4, 0.5) is 65.9 Å². The van der Waals surface area contributed by atoms with Gasteiger partial charge in [-0.3, -0.25) is 0 Å². The zero-order valence-electron chi connectivity index (χ0n) is 42.4. The zero-order chi connectivity index (χ0) is 56.2. The van der Waals surface area contributed by atoms with Gasteiger partial charge in [0.25, 0.3) is 0 Å². The Bertz CT molecular complexity index is 2990. The van der Waals surface area contributed by atoms with Crippen LogP contribution >= 0.6 is 0 Å². The van der Waals surface area contributed by atoms with E-state index in [0.717, 1.165) is 41.5 Å². The lowest BCUT2D eigenvalue weighted by molar-refractivity contribution is 0.198. The number of alkyl halides is 3. The molecule has 1 aromatic heterocycles. The summed E-state index contributed by atoms with van der Waals surface area (Å²) in [5.74, 6) is -23.6. The number of nitrogens with zero attached hydrogens (tertiary/aromatic N) is 3. The highest BCUT2D eigenvalue weighted by Gasteiger charge is 2.43. The molecule has 0 unspecified atom stereocenters. The predicted octanol–water partition coefficient (Wildman–Crippen LogP) is 17.1. The summed E-state index contributed by atoms with van der Waals surface area (Å²) in [6, 6.07) is 16.5. The highest BCUT2D eigenvalue weighted by Crippen LogP contribution is 2.46. The van der Waals surface area contributed by atoms with Crippen molar-refractivity contribution in [2.24, 2.45) is 0 Å². The van der Waals surface area contributed by atoms with E-state index in [4.69, 9.17) is 0 Å². The molecule has 75 heavy (non-hydrogen) atoms. The van der Waals surface area contributed by atoms with E-state index in [0.29, 0.717) is 0 Å². The van der Waals surface area contributed by atoms with Crippen molar-refractivity contribution in [3.05, 3.63) is 193 Å². The van der Waals surface area contributed by atoms with Crippen LogP contribution in [0.15, 0.2) is 72.8 Å². The molecule has 0 saturated carbocycles. The Hall–Kier alpha value is -6.72. The van der Waals surface area contributed by atoms with Gasteiger partial charge in [-0.1, -0.05) is 96.1 Å². The van der Waals surface area contributed by atoms with Gasteiger partial charge < -0.3 is 0 Å². The molecule has 6 aromatic carbocycles. The van der Waals surface area contributed by atoms with Gasteiger partial charge in [0.05, 0.1) is 16.7 Å². The van der Waals surface area contributed by atoms with E-state index in [1.807, 2.05) is 0 Å². The summed E-state index contributed by atoms with van der Waals surface area (Å²) in [5.41, 5.74) is -21.7. The second kappa shape index (κ2) is 18.8. The average Bonchev–Trinajstić information content (AvgIpc) is 3.31. The van der Waals surface area contributed by atoms with Gasteiger partial charge in [-0.2, -0.15) is 0 Å². The number of aromatic nitrogens is 3. The van der Waals surface area contributed by atoms with Gasteiger partial charge in [0.15, 0.2) is 87.3 Å². The van der Waals surface area contributed by atoms with Gasteiger partial charge >= 0.3 is 0 Å². The molecule has 18 heteroatoms. The van der Waals surface area contributed by atoms with Crippen LogP contribution in [-0.4, -0.2) is 15.0 Å². The van der Waals surface area contributed by atoms with Crippen molar-refractivity contribution in [3.63, 3.8) is 0 Å². The fourth-order valence-corrected chi connectivity index (χ4v) is 9.44. The van der Waals surface area contributed by atoms with Crippen LogP contribution in [0, 0.1) is 69.8 Å². The molecule has 0 N–H and O–H groups in total. The molecule has 0 amide bonds. The van der Waals surface area contributed by atoms with Gasteiger partial charge in [-0.15, -0.1) is 0 Å². The van der Waals surface area contributed by atoms with E-state index >= 15 is 52.7 Å². The van der Waals surface area contributed by atoms with E-state index in [2.05, 4.69) is 15.0 Å². The van der Waals surface area contributed by atoms with Crippen LogP contribution in [0.1, 0.15) is 133 Å². The molecule has 0 aliphatic heterocycles. The normalized spacial score (nSPS) is 13.0. The third kappa shape index (κ3) is 9.55. The Morgan fingerprint density at radius 3 is 0.613 bits per heavy atom. The minimum Gasteiger partial charge on any atom is -0.239 e. The van der Waals surface area contributed by atoms with E-state index in [1.165, 1.54) is 114 Å². The molecule has 7 rings (SSSR count). The monoisotopic (exact) mass is 1060 g/mol. The molecule has 3 nitrogen and oxygen atoms in total. The van der Waals surface area contributed by atoms with Crippen LogP contribution < -0.4 is 0 Å². The van der Waals surface area contributed by atoms with E-state index in [-0.39, 0.29) is 50.9 Å². The van der Waals surface area contributed by atoms with Crippen LogP contribution in [-0.2, 0) is 33.3 Å². The third-order valence-corrected chi connectivity index (χ3v) is 13.6. The minimum absolute atomic E-state index is 0.0104. The number of hydrogen-bond acceptors (Lipinski definition) is 3. The fraction of sp³-hybridized carbons (Fsp3) is 0.316. The van der Waals surface area contributed by atoms with Crippen molar-refractivity contribution < 1.29 is 65.9 Å². The molecule has 0 aliphatic carbocycles. The molecular weight excluding hydrogens is 1010 g/mol. The van der Waals surface area contributed by atoms with E-state index < -0.39 is 136 Å². The lowest BCUT2D eigenvalue weighted by Gasteiger charge is -2.29. The van der Waals surface area contributed by atoms with E-state index in [9.17, 15) is 13.2 Å². The van der Waals surface area contributed by atoms with Gasteiger partial charge in [-0.05, 0) is 76.4 Å². The maximum Gasteiger partial charge on any atom is 0.168 e. The summed E-state index contributed by atoms with van der Waals surface area (Å²) < 4.78 is 233. The van der Waals surface area contributed by atoms with Crippen LogP contribution in [0.5, 0.6) is 0 Å². The number of hydrogen-bond donors (Lipinski definition) is 0. The molecule has 396 valence electrons. The third-order valence-electron chi connectivity index (χ3n) is 13.6. The molecule has 0 fully saturated rings. The molecule has 0 radical (unpaired) electrons. The Morgan fingerprint density at radius 2 is 0.440 bits per heavy atom. The maximum atomic E-state index is 15.9. The zero-order valence-corrected chi connectivity index (χ0v) is 42.4. The summed E-state index contributed by atoms with van der Waals surface area (Å²) in [4.78, 5) is 13.9. The summed E-state index contributed by atoms with van der Waals surface area (Å²) in [7, 11) is 0. The first-order valence-corrected chi connectivity index (χ1v) is 23.1. The molecule has 7 aromatic rings. The van der Waals surface area contributed by atoms with Crippen molar-refractivity contribution in [1.82, 2.24) is 15.0 Å². The van der Waals surface area contributed by atoms with Gasteiger partial charge in [0.2, 0.25) is 0 Å². The number of rotatable bonds is 12. The van der Waals surface area contributed by atoms with Crippen LogP contribution in [0.3, 0.4) is 0 Å². The van der Waals surface area contributed by atoms with Crippen molar-refractivity contribution >= 4 is 0 Å². The van der Waals surface area contributed by atoms with Gasteiger partial charge in [0.1, 0.15) is 17.0 Å². The van der Waals surface area contributed by atoms with Crippen molar-refractivity contribution in [2.75, 3.05) is 0 Å². The van der Waals surface area contributed by atoms with Crippen molar-refractivity contribution in [3.8, 4) is 34.2 Å². The lowest BCUT2D eigenvalue weighted by Crippen LogP contribution is -2.27. The molecule has 0 bridgehead atoms. The molecule has 0 atom stereocenters. The Morgan fingerprint density at radius 1 is 0.267 bits per heavy atom. The Labute approximate surface area is 422 Å². The predicted molar refractivity (Wildman–Crippen MR) is 254 cm³/mol. The first-order valence-electron chi connectivity index (χ1n) is 23.1. The van der Waals surface area contributed by atoms with Gasteiger partial charge in [0, 0.05) is 49.6 Å². The quantitative estimate of drug-likeness (QED) is 0.0904. The molecule has 1 heterocycles. The Balaban J connectivity index is 1.45. The summed E-state index contributed by atoms with van der Waals surface area (Å²) in [6.07, 6.45) is 0. The topological polar surface area (TPSA) is 38.7 Å². The van der Waals surface area contributed by atoms with Crippen molar-refractivity contribution in [1.29, 1.82) is 0 Å². The SMILES string of the molecule is CC(C)(F)c1c(F)c(F)c(C(C)(C)c2cccc(-c3nc(-c4cccc(C(C)(C)c5c(F)c(F)c(C(C)(C)F)c(F)c5F)c4)nc(-c4cccc(C(C)(C)c5c(F)c(F)c(C(C)(C)F)c(F)c5F)c4)n3)c2)c(F)c1F. The lowest BCUT2D eigenvalue weighted by atomic mass is 9.76. The van der Waals surface area contributed by atoms with Crippen LogP contribution in [0.2, 0.25) is 0 Å². The smallest absolute Gasteiger partial charge is 0.168 e.